The Hall–Kier alpha value is -1.66. The van der Waals surface area contributed by atoms with Gasteiger partial charge in [0.2, 0.25) is 0 Å². The molecule has 0 aliphatic rings. The van der Waals surface area contributed by atoms with Crippen molar-refractivity contribution in [1.29, 1.82) is 0 Å². The third-order valence-electron chi connectivity index (χ3n) is 2.79. The molecule has 6 heteroatoms. The lowest BCUT2D eigenvalue weighted by Gasteiger charge is -2.20. The lowest BCUT2D eigenvalue weighted by atomic mass is 10.1. The van der Waals surface area contributed by atoms with E-state index in [0.717, 1.165) is 5.56 Å². The number of rotatable bonds is 7. The molecule has 2 N–H and O–H groups in total. The molecule has 1 rings (SSSR count). The number of benzene rings is 1. The monoisotopic (exact) mass is 284 g/mol. The maximum absolute atomic E-state index is 12.7. The summed E-state index contributed by atoms with van der Waals surface area (Å²) in [6, 6.07) is 5.90. The van der Waals surface area contributed by atoms with Gasteiger partial charge in [-0.2, -0.15) is 0 Å². The van der Waals surface area contributed by atoms with Gasteiger partial charge in [0, 0.05) is 20.7 Å². The predicted octanol–water partition coefficient (Wildman–Crippen LogP) is 1.02. The molecule has 0 saturated carbocycles. The summed E-state index contributed by atoms with van der Waals surface area (Å²) in [5.41, 5.74) is 0.953. The molecule has 5 nitrogen and oxygen atoms in total. The van der Waals surface area contributed by atoms with E-state index in [4.69, 9.17) is 4.74 Å². The van der Waals surface area contributed by atoms with Crippen LogP contribution < -0.4 is 5.32 Å². The first-order valence-electron chi connectivity index (χ1n) is 6.43. The van der Waals surface area contributed by atoms with Crippen LogP contribution in [0, 0.1) is 5.82 Å². The molecule has 2 amide bonds. The van der Waals surface area contributed by atoms with E-state index in [-0.39, 0.29) is 25.0 Å². The summed E-state index contributed by atoms with van der Waals surface area (Å²) < 4.78 is 17.5. The van der Waals surface area contributed by atoms with Crippen LogP contribution in [0.3, 0.4) is 0 Å². The molecule has 1 aromatic rings. The Kier molecular flexibility index (Phi) is 6.97. The molecule has 0 bridgehead atoms. The Labute approximate surface area is 118 Å². The molecular weight excluding hydrogens is 263 g/mol. The minimum atomic E-state index is -0.701. The summed E-state index contributed by atoms with van der Waals surface area (Å²) in [6.07, 6.45) is -0.0756. The highest BCUT2D eigenvalue weighted by atomic mass is 19.1. The number of hydrogen-bond donors (Lipinski definition) is 2. The van der Waals surface area contributed by atoms with Gasteiger partial charge in [-0.1, -0.05) is 12.1 Å². The molecule has 0 radical (unpaired) electrons. The van der Waals surface area contributed by atoms with Gasteiger partial charge in [0.25, 0.3) is 0 Å². The second-order valence-electron chi connectivity index (χ2n) is 4.60. The first-order valence-corrected chi connectivity index (χ1v) is 6.43. The standard InChI is InChI=1S/C14H21FN2O3/c1-17(9-13(18)10-20-2)14(19)16-8-7-11-3-5-12(15)6-4-11/h3-6,13,18H,7-10H2,1-2H3,(H,16,19). The average Bonchev–Trinajstić information content (AvgIpc) is 2.41. The van der Waals surface area contributed by atoms with Gasteiger partial charge in [0.05, 0.1) is 19.3 Å². The summed E-state index contributed by atoms with van der Waals surface area (Å²) in [5, 5.41) is 12.3. The number of aliphatic hydroxyl groups is 1. The van der Waals surface area contributed by atoms with Gasteiger partial charge in [-0.25, -0.2) is 9.18 Å². The minimum Gasteiger partial charge on any atom is -0.389 e. The summed E-state index contributed by atoms with van der Waals surface area (Å²) in [5.74, 6) is -0.273. The second-order valence-corrected chi connectivity index (χ2v) is 4.60. The van der Waals surface area contributed by atoms with Crippen LogP contribution in [0.25, 0.3) is 0 Å². The quantitative estimate of drug-likeness (QED) is 0.786. The first-order chi connectivity index (χ1) is 9.52. The summed E-state index contributed by atoms with van der Waals surface area (Å²) >= 11 is 0. The summed E-state index contributed by atoms with van der Waals surface area (Å²) in [7, 11) is 3.10. The van der Waals surface area contributed by atoms with Crippen molar-refractivity contribution >= 4 is 6.03 Å². The number of methoxy groups -OCH3 is 1. The molecule has 0 aromatic heterocycles. The van der Waals surface area contributed by atoms with Crippen molar-refractivity contribution < 1.29 is 19.0 Å². The van der Waals surface area contributed by atoms with E-state index < -0.39 is 6.10 Å². The number of aliphatic hydroxyl groups excluding tert-OH is 1. The zero-order chi connectivity index (χ0) is 15.0. The van der Waals surface area contributed by atoms with Crippen LogP contribution in [0.1, 0.15) is 5.56 Å². The van der Waals surface area contributed by atoms with Gasteiger partial charge >= 0.3 is 6.03 Å². The molecule has 20 heavy (non-hydrogen) atoms. The predicted molar refractivity (Wildman–Crippen MR) is 74.0 cm³/mol. The van der Waals surface area contributed by atoms with E-state index in [0.29, 0.717) is 13.0 Å². The van der Waals surface area contributed by atoms with Crippen LogP contribution in [0.5, 0.6) is 0 Å². The summed E-state index contributed by atoms with van der Waals surface area (Å²) in [6.45, 7) is 0.846. The molecule has 0 heterocycles. The van der Waals surface area contributed by atoms with Gasteiger partial charge in [0.15, 0.2) is 0 Å². The fourth-order valence-corrected chi connectivity index (χ4v) is 1.74. The van der Waals surface area contributed by atoms with Crippen LogP contribution in [-0.4, -0.2) is 56.0 Å². The highest BCUT2D eigenvalue weighted by Gasteiger charge is 2.12. The van der Waals surface area contributed by atoms with Crippen LogP contribution in [-0.2, 0) is 11.2 Å². The first kappa shape index (κ1) is 16.4. The van der Waals surface area contributed by atoms with Gasteiger partial charge < -0.3 is 20.1 Å². The lowest BCUT2D eigenvalue weighted by Crippen LogP contribution is -2.42. The van der Waals surface area contributed by atoms with Crippen molar-refractivity contribution in [2.24, 2.45) is 0 Å². The van der Waals surface area contributed by atoms with E-state index in [1.54, 1.807) is 19.2 Å². The number of hydrogen-bond acceptors (Lipinski definition) is 3. The second kappa shape index (κ2) is 8.50. The normalized spacial score (nSPS) is 12.0. The van der Waals surface area contributed by atoms with Crippen molar-refractivity contribution in [3.63, 3.8) is 0 Å². The zero-order valence-corrected chi connectivity index (χ0v) is 11.8. The Morgan fingerprint density at radius 2 is 2.10 bits per heavy atom. The van der Waals surface area contributed by atoms with E-state index in [9.17, 15) is 14.3 Å². The Bertz CT molecular complexity index is 411. The maximum Gasteiger partial charge on any atom is 0.317 e. The lowest BCUT2D eigenvalue weighted by molar-refractivity contribution is 0.0490. The Balaban J connectivity index is 2.26. The zero-order valence-electron chi connectivity index (χ0n) is 11.8. The fourth-order valence-electron chi connectivity index (χ4n) is 1.74. The van der Waals surface area contributed by atoms with Crippen molar-refractivity contribution in [2.45, 2.75) is 12.5 Å². The third-order valence-corrected chi connectivity index (χ3v) is 2.79. The van der Waals surface area contributed by atoms with Gasteiger partial charge in [-0.3, -0.25) is 0 Å². The Morgan fingerprint density at radius 3 is 2.70 bits per heavy atom. The topological polar surface area (TPSA) is 61.8 Å². The number of likely N-dealkylation sites (N-methyl/N-ethyl adjacent to an activating group) is 1. The average molecular weight is 284 g/mol. The van der Waals surface area contributed by atoms with Gasteiger partial charge in [0.1, 0.15) is 5.82 Å². The smallest absolute Gasteiger partial charge is 0.317 e. The van der Waals surface area contributed by atoms with Crippen LogP contribution in [0.4, 0.5) is 9.18 Å². The van der Waals surface area contributed by atoms with Crippen molar-refractivity contribution in [3.05, 3.63) is 35.6 Å². The molecule has 0 aliphatic heterocycles. The third kappa shape index (κ3) is 5.99. The number of carbonyl (C=O) groups excluding carboxylic acids is 1. The van der Waals surface area contributed by atoms with Crippen LogP contribution in [0.2, 0.25) is 0 Å². The number of carbonyl (C=O) groups is 1. The molecule has 0 spiro atoms. The number of nitrogens with zero attached hydrogens (tertiary/aromatic N) is 1. The molecule has 0 fully saturated rings. The van der Waals surface area contributed by atoms with Gasteiger partial charge in [-0.15, -0.1) is 0 Å². The fraction of sp³-hybridized carbons (Fsp3) is 0.500. The molecule has 112 valence electrons. The molecule has 0 aliphatic carbocycles. The van der Waals surface area contributed by atoms with Gasteiger partial charge in [-0.05, 0) is 24.1 Å². The number of nitrogens with one attached hydrogen (secondary N) is 1. The van der Waals surface area contributed by atoms with Crippen molar-refractivity contribution in [2.75, 3.05) is 33.9 Å². The largest absolute Gasteiger partial charge is 0.389 e. The maximum atomic E-state index is 12.7. The Morgan fingerprint density at radius 1 is 1.45 bits per heavy atom. The van der Waals surface area contributed by atoms with Crippen molar-refractivity contribution in [1.82, 2.24) is 10.2 Å². The van der Waals surface area contributed by atoms with Crippen molar-refractivity contribution in [3.8, 4) is 0 Å². The SMILES string of the molecule is COCC(O)CN(C)C(=O)NCCc1ccc(F)cc1. The molecule has 1 aromatic carbocycles. The molecular formula is C14H21FN2O3. The molecule has 1 unspecified atom stereocenters. The van der Waals surface area contributed by atoms with E-state index in [1.165, 1.54) is 24.1 Å². The number of amides is 2. The number of urea groups is 1. The van der Waals surface area contributed by atoms with E-state index in [2.05, 4.69) is 5.32 Å². The number of halogens is 1. The minimum absolute atomic E-state index is 0.188. The highest BCUT2D eigenvalue weighted by Crippen LogP contribution is 2.02. The summed E-state index contributed by atoms with van der Waals surface area (Å²) in [4.78, 5) is 13.1. The van der Waals surface area contributed by atoms with E-state index in [1.807, 2.05) is 0 Å². The molecule has 1 atom stereocenters. The molecule has 0 saturated heterocycles. The van der Waals surface area contributed by atoms with Crippen LogP contribution >= 0.6 is 0 Å². The highest BCUT2D eigenvalue weighted by molar-refractivity contribution is 5.73. The number of ether oxygens (including phenoxy) is 1. The van der Waals surface area contributed by atoms with Crippen LogP contribution in [0.15, 0.2) is 24.3 Å². The van der Waals surface area contributed by atoms with E-state index >= 15 is 0 Å².